The molecule has 4 aromatic carbocycles. The molecule has 2 nitrogen and oxygen atoms in total. The molecule has 0 aliphatic heterocycles. The van der Waals surface area contributed by atoms with Crippen molar-refractivity contribution < 1.29 is 4.73 Å². The van der Waals surface area contributed by atoms with Crippen molar-refractivity contribution in [1.82, 2.24) is 0 Å². The third kappa shape index (κ3) is 3.84. The van der Waals surface area contributed by atoms with Crippen molar-refractivity contribution in [1.29, 1.82) is 0 Å². The van der Waals surface area contributed by atoms with Crippen LogP contribution in [-0.2, 0) is 0 Å². The Morgan fingerprint density at radius 2 is 0.871 bits per heavy atom. The maximum Gasteiger partial charge on any atom is 0.217 e. The van der Waals surface area contributed by atoms with Crippen LogP contribution in [0.15, 0.2) is 103 Å². The van der Waals surface area contributed by atoms with E-state index in [9.17, 15) is 5.21 Å². The third-order valence-electron chi connectivity index (χ3n) is 5.52. The van der Waals surface area contributed by atoms with Gasteiger partial charge in [0.2, 0.25) is 11.4 Å². The number of pyridine rings is 1. The topological polar surface area (TPSA) is 26.9 Å². The van der Waals surface area contributed by atoms with Crippen LogP contribution in [-0.4, -0.2) is 0 Å². The lowest BCUT2D eigenvalue weighted by Gasteiger charge is -2.05. The Morgan fingerprint density at radius 1 is 0.452 bits per heavy atom. The van der Waals surface area contributed by atoms with Crippen molar-refractivity contribution in [3.8, 4) is 0 Å². The predicted molar refractivity (Wildman–Crippen MR) is 131 cm³/mol. The van der Waals surface area contributed by atoms with Gasteiger partial charge in [-0.15, -0.1) is 0 Å². The maximum absolute atomic E-state index is 13.0. The molecule has 0 N–H and O–H groups in total. The quantitative estimate of drug-likeness (QED) is 0.237. The van der Waals surface area contributed by atoms with Crippen LogP contribution < -0.4 is 4.73 Å². The molecule has 0 radical (unpaired) electrons. The van der Waals surface area contributed by atoms with Crippen molar-refractivity contribution in [2.45, 2.75) is 0 Å². The highest BCUT2D eigenvalue weighted by Crippen LogP contribution is 2.21. The fourth-order valence-corrected chi connectivity index (χ4v) is 3.92. The van der Waals surface area contributed by atoms with E-state index < -0.39 is 0 Å². The van der Waals surface area contributed by atoms with E-state index in [4.69, 9.17) is 0 Å². The summed E-state index contributed by atoms with van der Waals surface area (Å²) in [5, 5.41) is 17.7. The molecule has 0 fully saturated rings. The molecule has 0 spiro atoms. The van der Waals surface area contributed by atoms with Gasteiger partial charge >= 0.3 is 0 Å². The summed E-state index contributed by atoms with van der Waals surface area (Å²) in [5.74, 6) is 0. The van der Waals surface area contributed by atoms with E-state index in [0.29, 0.717) is 11.4 Å². The summed E-state index contributed by atoms with van der Waals surface area (Å²) >= 11 is 0. The van der Waals surface area contributed by atoms with E-state index in [-0.39, 0.29) is 0 Å². The molecule has 148 valence electrons. The van der Waals surface area contributed by atoms with Gasteiger partial charge in [-0.05, 0) is 50.9 Å². The molecular formula is C29H21NO. The Morgan fingerprint density at radius 3 is 1.39 bits per heavy atom. The molecule has 0 atom stereocenters. The van der Waals surface area contributed by atoms with Crippen molar-refractivity contribution in [2.24, 2.45) is 0 Å². The second-order valence-corrected chi connectivity index (χ2v) is 7.47. The number of fused-ring (bicyclic) bond motifs is 2. The van der Waals surface area contributed by atoms with Gasteiger partial charge in [-0.1, -0.05) is 84.9 Å². The molecule has 5 rings (SSSR count). The van der Waals surface area contributed by atoms with E-state index in [1.165, 1.54) is 21.5 Å². The minimum absolute atomic E-state index is 0.605. The lowest BCUT2D eigenvalue weighted by Crippen LogP contribution is -2.33. The fourth-order valence-electron chi connectivity index (χ4n) is 3.92. The van der Waals surface area contributed by atoms with Crippen molar-refractivity contribution in [2.75, 3.05) is 0 Å². The second kappa shape index (κ2) is 8.29. The molecule has 1 aromatic heterocycles. The van der Waals surface area contributed by atoms with Crippen LogP contribution >= 0.6 is 0 Å². The number of nitrogens with zero attached hydrogens (tertiary/aromatic N) is 1. The van der Waals surface area contributed by atoms with Crippen LogP contribution in [0.1, 0.15) is 22.5 Å². The van der Waals surface area contributed by atoms with Crippen LogP contribution in [0.3, 0.4) is 0 Å². The molecule has 31 heavy (non-hydrogen) atoms. The summed E-state index contributed by atoms with van der Waals surface area (Å²) in [6.45, 7) is 0. The molecule has 1 heterocycles. The number of aromatic nitrogens is 1. The molecular weight excluding hydrogens is 378 g/mol. The van der Waals surface area contributed by atoms with Gasteiger partial charge in [0.15, 0.2) is 0 Å². The smallest absolute Gasteiger partial charge is 0.217 e. The summed E-state index contributed by atoms with van der Waals surface area (Å²) in [4.78, 5) is 0. The minimum atomic E-state index is 0.605. The first-order valence-electron chi connectivity index (χ1n) is 10.3. The van der Waals surface area contributed by atoms with Gasteiger partial charge in [0.25, 0.3) is 0 Å². The van der Waals surface area contributed by atoms with Crippen LogP contribution in [0.5, 0.6) is 0 Å². The Kier molecular flexibility index (Phi) is 5.04. The zero-order valence-corrected chi connectivity index (χ0v) is 17.0. The van der Waals surface area contributed by atoms with Crippen LogP contribution in [0, 0.1) is 5.21 Å². The number of hydrogen-bond acceptors (Lipinski definition) is 1. The molecule has 0 amide bonds. The number of rotatable bonds is 4. The minimum Gasteiger partial charge on any atom is -0.618 e. The Hall–Kier alpha value is -4.17. The normalized spacial score (nSPS) is 11.7. The largest absolute Gasteiger partial charge is 0.618 e. The molecule has 0 saturated carbocycles. The van der Waals surface area contributed by atoms with Gasteiger partial charge in [0, 0.05) is 24.3 Å². The zero-order valence-electron chi connectivity index (χ0n) is 17.0. The fraction of sp³-hybridized carbons (Fsp3) is 0. The van der Waals surface area contributed by atoms with Gasteiger partial charge in [-0.2, -0.15) is 4.73 Å². The monoisotopic (exact) mass is 399 g/mol. The lowest BCUT2D eigenvalue weighted by atomic mass is 10.0. The van der Waals surface area contributed by atoms with E-state index >= 15 is 0 Å². The third-order valence-corrected chi connectivity index (χ3v) is 5.52. The van der Waals surface area contributed by atoms with Crippen molar-refractivity contribution >= 4 is 45.8 Å². The van der Waals surface area contributed by atoms with Crippen molar-refractivity contribution in [3.05, 3.63) is 131 Å². The highest BCUT2D eigenvalue weighted by atomic mass is 16.5. The Bertz CT molecular complexity index is 1330. The summed E-state index contributed by atoms with van der Waals surface area (Å²) in [7, 11) is 0. The average Bonchev–Trinajstić information content (AvgIpc) is 2.82. The van der Waals surface area contributed by atoms with E-state index in [1.54, 1.807) is 0 Å². The van der Waals surface area contributed by atoms with Gasteiger partial charge in [0.1, 0.15) is 0 Å². The molecule has 0 aliphatic carbocycles. The Balaban J connectivity index is 1.48. The molecule has 0 saturated heterocycles. The first-order valence-corrected chi connectivity index (χ1v) is 10.3. The lowest BCUT2D eigenvalue weighted by molar-refractivity contribution is -0.609. The summed E-state index contributed by atoms with van der Waals surface area (Å²) in [6, 6.07) is 34.5. The highest BCUT2D eigenvalue weighted by Gasteiger charge is 2.07. The van der Waals surface area contributed by atoms with E-state index in [2.05, 4.69) is 48.5 Å². The molecule has 5 aromatic rings. The highest BCUT2D eigenvalue weighted by molar-refractivity contribution is 5.93. The number of benzene rings is 4. The Labute approximate surface area is 181 Å². The zero-order chi connectivity index (χ0) is 21.0. The van der Waals surface area contributed by atoms with Crippen LogP contribution in [0.2, 0.25) is 0 Å². The van der Waals surface area contributed by atoms with E-state index in [0.717, 1.165) is 15.9 Å². The van der Waals surface area contributed by atoms with Gasteiger partial charge in [-0.3, -0.25) is 0 Å². The van der Waals surface area contributed by atoms with Crippen LogP contribution in [0.4, 0.5) is 0 Å². The standard InChI is InChI=1S/C29H21NO/c31-30-26(20-18-24-12-5-10-22-8-1-3-16-28(22)24)14-7-15-27(30)21-19-25-13-6-11-23-9-2-4-17-29(23)25/h1-21H/b20-18+,21-19+. The molecule has 0 unspecified atom stereocenters. The maximum atomic E-state index is 13.0. The molecule has 2 heteroatoms. The summed E-state index contributed by atoms with van der Waals surface area (Å²) in [6.07, 6.45) is 7.77. The first-order chi connectivity index (χ1) is 15.3. The SMILES string of the molecule is [O-][n+]1c(/C=C/c2cccc3ccccc23)cccc1/C=C/c1cccc2ccccc12. The second-order valence-electron chi connectivity index (χ2n) is 7.47. The van der Waals surface area contributed by atoms with Gasteiger partial charge < -0.3 is 5.21 Å². The van der Waals surface area contributed by atoms with Gasteiger partial charge in [-0.25, -0.2) is 0 Å². The first kappa shape index (κ1) is 18.8. The van der Waals surface area contributed by atoms with Crippen molar-refractivity contribution in [3.63, 3.8) is 0 Å². The predicted octanol–water partition coefficient (Wildman–Crippen LogP) is 6.97. The molecule has 0 aliphatic rings. The summed E-state index contributed by atoms with van der Waals surface area (Å²) < 4.78 is 0.975. The average molecular weight is 399 g/mol. The van der Waals surface area contributed by atoms with Gasteiger partial charge in [0.05, 0.1) is 0 Å². The number of hydrogen-bond donors (Lipinski definition) is 0. The van der Waals surface area contributed by atoms with Crippen LogP contribution in [0.25, 0.3) is 45.8 Å². The molecule has 0 bridgehead atoms. The van der Waals surface area contributed by atoms with E-state index in [1.807, 2.05) is 78.9 Å². The summed E-state index contributed by atoms with van der Waals surface area (Å²) in [5.41, 5.74) is 3.39.